The van der Waals surface area contributed by atoms with E-state index in [1.54, 1.807) is 4.57 Å². The molecule has 1 aromatic carbocycles. The molecule has 5 heteroatoms. The number of aromatic amines is 1. The molecule has 0 unspecified atom stereocenters. The molecule has 2 N–H and O–H groups in total. The van der Waals surface area contributed by atoms with Crippen molar-refractivity contribution in [3.63, 3.8) is 0 Å². The lowest BCUT2D eigenvalue weighted by molar-refractivity contribution is 0.435. The quantitative estimate of drug-likeness (QED) is 0.709. The van der Waals surface area contributed by atoms with E-state index in [0.717, 1.165) is 28.6 Å². The summed E-state index contributed by atoms with van der Waals surface area (Å²) in [6, 6.07) is 8.06. The maximum Gasteiger partial charge on any atom is 0.273 e. The van der Waals surface area contributed by atoms with E-state index in [1.165, 1.54) is 0 Å². The van der Waals surface area contributed by atoms with Crippen LogP contribution in [0.3, 0.4) is 0 Å². The number of nitrogens with one attached hydrogen (secondary N) is 1. The molecule has 26 heavy (non-hydrogen) atoms. The minimum atomic E-state index is -0.274. The van der Waals surface area contributed by atoms with Gasteiger partial charge in [-0.1, -0.05) is 38.1 Å². The molecule has 2 aromatic heterocycles. The zero-order valence-corrected chi connectivity index (χ0v) is 15.2. The predicted molar refractivity (Wildman–Crippen MR) is 103 cm³/mol. The zero-order chi connectivity index (χ0) is 18.5. The van der Waals surface area contributed by atoms with Crippen molar-refractivity contribution in [3.05, 3.63) is 69.9 Å². The highest BCUT2D eigenvalue weighted by molar-refractivity contribution is 5.85. The number of benzene rings is 1. The number of nitrogens with zero attached hydrogens (tertiary/aromatic N) is 2. The zero-order valence-electron chi connectivity index (χ0n) is 15.2. The normalized spacial score (nSPS) is 13.9. The number of hydrogen-bond donors (Lipinski definition) is 2. The topological polar surface area (TPSA) is 70.9 Å². The molecule has 0 saturated heterocycles. The maximum atomic E-state index is 12.9. The first-order valence-corrected chi connectivity index (χ1v) is 8.97. The van der Waals surface area contributed by atoms with Gasteiger partial charge in [-0.25, -0.2) is 4.98 Å². The van der Waals surface area contributed by atoms with Crippen molar-refractivity contribution in [2.75, 3.05) is 0 Å². The van der Waals surface area contributed by atoms with Crippen LogP contribution < -0.4 is 5.56 Å². The van der Waals surface area contributed by atoms with E-state index in [1.807, 2.05) is 24.3 Å². The molecule has 134 valence electrons. The summed E-state index contributed by atoms with van der Waals surface area (Å²) in [5.74, 6) is -0.0125. The molecule has 0 aliphatic carbocycles. The van der Waals surface area contributed by atoms with Crippen molar-refractivity contribution in [2.24, 2.45) is 0 Å². The molecule has 0 atom stereocenters. The number of fused-ring (bicyclic) bond motifs is 2. The fraction of sp³-hybridized carbons (Fsp3) is 0.333. The van der Waals surface area contributed by atoms with Gasteiger partial charge in [-0.3, -0.25) is 4.79 Å². The van der Waals surface area contributed by atoms with E-state index in [4.69, 9.17) is 0 Å². The van der Waals surface area contributed by atoms with Gasteiger partial charge < -0.3 is 14.7 Å². The number of para-hydroxylation sites is 1. The Morgan fingerprint density at radius 2 is 2.15 bits per heavy atom. The van der Waals surface area contributed by atoms with Crippen molar-refractivity contribution in [1.29, 1.82) is 0 Å². The van der Waals surface area contributed by atoms with Crippen molar-refractivity contribution >= 4 is 10.9 Å². The van der Waals surface area contributed by atoms with Gasteiger partial charge >= 0.3 is 0 Å². The molecule has 3 aromatic rings. The first-order valence-electron chi connectivity index (χ1n) is 8.97. The minimum absolute atomic E-state index is 0.0125. The van der Waals surface area contributed by atoms with Crippen molar-refractivity contribution in [3.8, 4) is 5.88 Å². The van der Waals surface area contributed by atoms with E-state index in [0.29, 0.717) is 30.8 Å². The molecular weight excluding hydrogens is 326 g/mol. The van der Waals surface area contributed by atoms with Crippen LogP contribution in [0.5, 0.6) is 5.88 Å². The van der Waals surface area contributed by atoms with Gasteiger partial charge in [0.15, 0.2) is 0 Å². The molecule has 5 nitrogen and oxygen atoms in total. The largest absolute Gasteiger partial charge is 0.492 e. The van der Waals surface area contributed by atoms with Crippen LogP contribution in [0.4, 0.5) is 0 Å². The molecule has 1 aliphatic heterocycles. The summed E-state index contributed by atoms with van der Waals surface area (Å²) in [7, 11) is 0. The van der Waals surface area contributed by atoms with Crippen molar-refractivity contribution in [1.82, 2.24) is 14.5 Å². The minimum Gasteiger partial charge on any atom is -0.492 e. The van der Waals surface area contributed by atoms with Gasteiger partial charge in [0.25, 0.3) is 5.56 Å². The summed E-state index contributed by atoms with van der Waals surface area (Å²) in [5, 5.41) is 11.3. The molecule has 4 rings (SSSR count). The van der Waals surface area contributed by atoms with Gasteiger partial charge in [0.1, 0.15) is 5.69 Å². The number of H-pyrrole nitrogens is 1. The van der Waals surface area contributed by atoms with Crippen LogP contribution in [-0.2, 0) is 24.8 Å². The van der Waals surface area contributed by atoms with Gasteiger partial charge in [0, 0.05) is 35.0 Å². The first kappa shape index (κ1) is 16.6. The van der Waals surface area contributed by atoms with E-state index in [2.05, 4.69) is 36.5 Å². The van der Waals surface area contributed by atoms with Crippen LogP contribution in [0.25, 0.3) is 10.9 Å². The molecule has 0 fully saturated rings. The van der Waals surface area contributed by atoms with Gasteiger partial charge in [-0.2, -0.15) is 0 Å². The Morgan fingerprint density at radius 1 is 1.38 bits per heavy atom. The summed E-state index contributed by atoms with van der Waals surface area (Å²) >= 11 is 0. The maximum absolute atomic E-state index is 12.9. The third kappa shape index (κ3) is 2.46. The highest BCUT2D eigenvalue weighted by Crippen LogP contribution is 2.33. The smallest absolute Gasteiger partial charge is 0.273 e. The van der Waals surface area contributed by atoms with E-state index in [-0.39, 0.29) is 16.9 Å². The van der Waals surface area contributed by atoms with Crippen LogP contribution in [0, 0.1) is 0 Å². The summed E-state index contributed by atoms with van der Waals surface area (Å²) in [6.07, 6.45) is 3.86. The van der Waals surface area contributed by atoms with Gasteiger partial charge in [0.2, 0.25) is 5.88 Å². The summed E-state index contributed by atoms with van der Waals surface area (Å²) in [6.45, 7) is 8.80. The second-order valence-corrected chi connectivity index (χ2v) is 7.52. The average molecular weight is 349 g/mol. The monoisotopic (exact) mass is 349 g/mol. The van der Waals surface area contributed by atoms with Crippen LogP contribution in [-0.4, -0.2) is 19.6 Å². The van der Waals surface area contributed by atoms with Gasteiger partial charge in [-0.15, -0.1) is 6.58 Å². The van der Waals surface area contributed by atoms with Crippen LogP contribution in [0.1, 0.15) is 42.9 Å². The molecule has 0 spiro atoms. The summed E-state index contributed by atoms with van der Waals surface area (Å²) in [5.41, 5.74) is 3.76. The second-order valence-electron chi connectivity index (χ2n) is 7.52. The lowest BCUT2D eigenvalue weighted by Gasteiger charge is -2.21. The lowest BCUT2D eigenvalue weighted by Crippen LogP contribution is -2.26. The highest BCUT2D eigenvalue weighted by Gasteiger charge is 2.26. The first-order chi connectivity index (χ1) is 12.4. The number of rotatable bonds is 4. The lowest BCUT2D eigenvalue weighted by atomic mass is 9.85. The number of hydrogen-bond acceptors (Lipinski definition) is 3. The fourth-order valence-electron chi connectivity index (χ4n) is 3.85. The van der Waals surface area contributed by atoms with Crippen LogP contribution in [0.2, 0.25) is 0 Å². The van der Waals surface area contributed by atoms with Crippen molar-refractivity contribution < 1.29 is 5.11 Å². The average Bonchev–Trinajstić information content (AvgIpc) is 3.25. The summed E-state index contributed by atoms with van der Waals surface area (Å²) < 4.78 is 1.67. The third-order valence-electron chi connectivity index (χ3n) is 5.42. The Labute approximate surface area is 152 Å². The Morgan fingerprint density at radius 3 is 2.92 bits per heavy atom. The number of aromatic nitrogens is 3. The van der Waals surface area contributed by atoms with Crippen LogP contribution >= 0.6 is 0 Å². The SMILES string of the molecule is C=CC(C)(C)c1[nH]c2ccccc2c1Cc1nc(O)c2n(c1=O)CCC2. The Hall–Kier alpha value is -2.82. The molecule has 0 bridgehead atoms. The predicted octanol–water partition coefficient (Wildman–Crippen LogP) is 3.43. The molecular formula is C21H23N3O2. The van der Waals surface area contributed by atoms with E-state index in [9.17, 15) is 9.90 Å². The standard InChI is InChI=1S/C21H23N3O2/c1-4-21(2,3)18-14(13-8-5-6-9-15(13)22-18)12-16-20(26)24-11-7-10-17(24)19(25)23-16/h4-6,8-9,22,25H,1,7,10-12H2,2-3H3. The molecule has 0 radical (unpaired) electrons. The number of allylic oxidation sites excluding steroid dienone is 1. The summed E-state index contributed by atoms with van der Waals surface area (Å²) in [4.78, 5) is 20.6. The fourth-order valence-corrected chi connectivity index (χ4v) is 3.85. The second kappa shape index (κ2) is 5.87. The number of aromatic hydroxyl groups is 1. The Balaban J connectivity index is 1.91. The van der Waals surface area contributed by atoms with Crippen molar-refractivity contribution in [2.45, 2.75) is 45.1 Å². The molecule has 1 aliphatic rings. The highest BCUT2D eigenvalue weighted by atomic mass is 16.3. The van der Waals surface area contributed by atoms with Crippen LogP contribution in [0.15, 0.2) is 41.7 Å². The third-order valence-corrected chi connectivity index (χ3v) is 5.42. The molecule has 0 saturated carbocycles. The van der Waals surface area contributed by atoms with Gasteiger partial charge in [0.05, 0.1) is 5.69 Å². The van der Waals surface area contributed by atoms with Gasteiger partial charge in [-0.05, 0) is 24.5 Å². The van der Waals surface area contributed by atoms with E-state index < -0.39 is 0 Å². The molecule has 0 amide bonds. The Bertz CT molecular complexity index is 1070. The van der Waals surface area contributed by atoms with E-state index >= 15 is 0 Å². The molecule has 3 heterocycles. The Kier molecular flexibility index (Phi) is 3.75.